The van der Waals surface area contributed by atoms with Crippen molar-refractivity contribution >= 4 is 29.3 Å². The topological polar surface area (TPSA) is 29.5 Å². The minimum atomic E-state index is -0.310. The molecule has 0 radical (unpaired) electrons. The fourth-order valence-corrected chi connectivity index (χ4v) is 3.33. The van der Waals surface area contributed by atoms with Crippen molar-refractivity contribution in [2.45, 2.75) is 66.5 Å². The molecule has 0 aliphatic heterocycles. The molecule has 4 heteroatoms. The molecule has 1 aromatic carbocycles. The number of hydrogen-bond donors (Lipinski definition) is 0. The third-order valence-corrected chi connectivity index (χ3v) is 4.36. The molecule has 0 unspecified atom stereocenters. The maximum atomic E-state index is 11.8. The summed E-state index contributed by atoms with van der Waals surface area (Å²) >= 11 is 5.78. The van der Waals surface area contributed by atoms with E-state index in [2.05, 4.69) is 45.6 Å². The number of ether oxygens (including phenoxy) is 1. The third kappa shape index (κ3) is 6.62. The van der Waals surface area contributed by atoms with Gasteiger partial charge in [0.25, 0.3) is 0 Å². The van der Waals surface area contributed by atoms with Crippen molar-refractivity contribution in [1.82, 2.24) is 4.90 Å². The Kier molecular flexibility index (Phi) is 8.84. The second-order valence-electron chi connectivity index (χ2n) is 6.85. The highest BCUT2D eigenvalue weighted by Gasteiger charge is 2.20. The van der Waals surface area contributed by atoms with Crippen LogP contribution in [0.4, 0.5) is 0 Å². The maximum absolute atomic E-state index is 11.8. The molecule has 0 aliphatic rings. The molecule has 0 aliphatic carbocycles. The molecule has 0 saturated carbocycles. The number of unbranched alkanes of at least 4 members (excludes halogenated alkanes) is 1. The smallest absolute Gasteiger partial charge is 0.330 e. The van der Waals surface area contributed by atoms with Crippen LogP contribution in [-0.2, 0) is 9.53 Å². The Bertz CT molecular complexity index is 612. The molecule has 0 atom stereocenters. The van der Waals surface area contributed by atoms with Crippen LogP contribution in [0.2, 0.25) is 0 Å². The van der Waals surface area contributed by atoms with Gasteiger partial charge in [-0.05, 0) is 58.7 Å². The summed E-state index contributed by atoms with van der Waals surface area (Å²) in [5.74, 6) is -0.310. The molecule has 25 heavy (non-hydrogen) atoms. The molecule has 0 bridgehead atoms. The number of thiocarbonyl (C=S) groups is 1. The Hall–Kier alpha value is -1.68. The molecule has 1 aromatic rings. The van der Waals surface area contributed by atoms with Gasteiger partial charge < -0.3 is 9.64 Å². The summed E-state index contributed by atoms with van der Waals surface area (Å²) in [6, 6.07) is 6.74. The van der Waals surface area contributed by atoms with Crippen molar-refractivity contribution in [3.8, 4) is 0 Å². The number of rotatable bonds is 8. The van der Waals surface area contributed by atoms with Gasteiger partial charge in [0.2, 0.25) is 0 Å². The second-order valence-corrected chi connectivity index (χ2v) is 7.23. The van der Waals surface area contributed by atoms with Gasteiger partial charge in [-0.2, -0.15) is 0 Å². The standard InChI is InChI=1S/C21H31NO2S/c1-7-8-13-24-20(23)12-11-18-10-9-17(6)14-19(18)21(25)22(15(2)3)16(4)5/h9-12,14-16H,7-8,13H2,1-6H3/b12-11+. The Balaban J connectivity index is 3.06. The number of carbonyl (C=O) groups excluding carboxylic acids is 1. The molecule has 3 nitrogen and oxygen atoms in total. The van der Waals surface area contributed by atoms with Crippen molar-refractivity contribution < 1.29 is 9.53 Å². The van der Waals surface area contributed by atoms with E-state index in [4.69, 9.17) is 17.0 Å². The van der Waals surface area contributed by atoms with Gasteiger partial charge in [-0.25, -0.2) is 4.79 Å². The summed E-state index contributed by atoms with van der Waals surface area (Å²) in [6.07, 6.45) is 5.18. The van der Waals surface area contributed by atoms with Crippen LogP contribution in [0.1, 0.15) is 64.2 Å². The Morgan fingerprint density at radius 1 is 1.24 bits per heavy atom. The predicted octanol–water partition coefficient (Wildman–Crippen LogP) is 5.15. The number of aryl methyl sites for hydroxylation is 1. The van der Waals surface area contributed by atoms with Crippen LogP contribution in [0, 0.1) is 6.92 Å². The first kappa shape index (κ1) is 21.4. The van der Waals surface area contributed by atoms with Gasteiger partial charge in [0, 0.05) is 23.7 Å². The number of esters is 1. The first-order chi connectivity index (χ1) is 11.8. The molecular formula is C21H31NO2S. The third-order valence-electron chi connectivity index (χ3n) is 3.93. The quantitative estimate of drug-likeness (QED) is 0.277. The van der Waals surface area contributed by atoms with E-state index < -0.39 is 0 Å². The minimum Gasteiger partial charge on any atom is -0.463 e. The van der Waals surface area contributed by atoms with Gasteiger partial charge in [-0.15, -0.1) is 0 Å². The van der Waals surface area contributed by atoms with Crippen LogP contribution in [0.25, 0.3) is 6.08 Å². The number of benzene rings is 1. The van der Waals surface area contributed by atoms with Crippen molar-refractivity contribution in [1.29, 1.82) is 0 Å². The van der Waals surface area contributed by atoms with Crippen molar-refractivity contribution in [2.75, 3.05) is 6.61 Å². The molecular weight excluding hydrogens is 330 g/mol. The monoisotopic (exact) mass is 361 g/mol. The van der Waals surface area contributed by atoms with Crippen LogP contribution in [0.15, 0.2) is 24.3 Å². The summed E-state index contributed by atoms with van der Waals surface area (Å²) in [7, 11) is 0. The fourth-order valence-electron chi connectivity index (χ4n) is 2.73. The molecule has 0 amide bonds. The van der Waals surface area contributed by atoms with Crippen LogP contribution in [0.3, 0.4) is 0 Å². The lowest BCUT2D eigenvalue weighted by molar-refractivity contribution is -0.137. The van der Waals surface area contributed by atoms with Crippen molar-refractivity contribution in [3.05, 3.63) is 41.0 Å². The zero-order chi connectivity index (χ0) is 19.0. The zero-order valence-corrected chi connectivity index (χ0v) is 17.2. The summed E-state index contributed by atoms with van der Waals surface area (Å²) in [5, 5.41) is 0. The lowest BCUT2D eigenvalue weighted by atomic mass is 10.0. The summed E-state index contributed by atoms with van der Waals surface area (Å²) in [6.45, 7) is 13.1. The molecule has 0 fully saturated rings. The normalized spacial score (nSPS) is 11.4. The Labute approximate surface area is 158 Å². The van der Waals surface area contributed by atoms with Crippen LogP contribution >= 0.6 is 12.2 Å². The van der Waals surface area contributed by atoms with Crippen LogP contribution < -0.4 is 0 Å². The number of hydrogen-bond acceptors (Lipinski definition) is 3. The fraction of sp³-hybridized carbons (Fsp3) is 0.524. The highest BCUT2D eigenvalue weighted by atomic mass is 32.1. The Morgan fingerprint density at radius 3 is 2.44 bits per heavy atom. The summed E-state index contributed by atoms with van der Waals surface area (Å²) in [5.41, 5.74) is 3.07. The molecule has 0 spiro atoms. The van der Waals surface area contributed by atoms with Gasteiger partial charge in [0.1, 0.15) is 4.99 Å². The molecule has 0 N–H and O–H groups in total. The highest BCUT2D eigenvalue weighted by molar-refractivity contribution is 7.80. The predicted molar refractivity (Wildman–Crippen MR) is 110 cm³/mol. The molecule has 0 saturated heterocycles. The second kappa shape index (κ2) is 10.3. The highest BCUT2D eigenvalue weighted by Crippen LogP contribution is 2.20. The van der Waals surface area contributed by atoms with Crippen molar-refractivity contribution in [2.24, 2.45) is 0 Å². The van der Waals surface area contributed by atoms with E-state index in [0.29, 0.717) is 18.7 Å². The first-order valence-electron chi connectivity index (χ1n) is 9.06. The van der Waals surface area contributed by atoms with Crippen LogP contribution in [0.5, 0.6) is 0 Å². The van der Waals surface area contributed by atoms with E-state index in [9.17, 15) is 4.79 Å². The molecule has 0 aromatic heterocycles. The Morgan fingerprint density at radius 2 is 1.88 bits per heavy atom. The van der Waals surface area contributed by atoms with Gasteiger partial charge >= 0.3 is 5.97 Å². The number of carbonyl (C=O) groups is 1. The summed E-state index contributed by atoms with van der Waals surface area (Å²) < 4.78 is 5.18. The van der Waals surface area contributed by atoms with Crippen LogP contribution in [-0.4, -0.2) is 34.5 Å². The van der Waals surface area contributed by atoms with E-state index in [1.165, 1.54) is 6.08 Å². The lowest BCUT2D eigenvalue weighted by Crippen LogP contribution is -2.41. The average Bonchev–Trinajstić information content (AvgIpc) is 2.53. The molecule has 0 heterocycles. The van der Waals surface area contributed by atoms with E-state index >= 15 is 0 Å². The molecule has 1 rings (SSSR count). The summed E-state index contributed by atoms with van der Waals surface area (Å²) in [4.78, 5) is 14.9. The molecule has 138 valence electrons. The van der Waals surface area contributed by atoms with Crippen molar-refractivity contribution in [3.63, 3.8) is 0 Å². The van der Waals surface area contributed by atoms with E-state index in [1.54, 1.807) is 6.08 Å². The maximum Gasteiger partial charge on any atom is 0.330 e. The van der Waals surface area contributed by atoms with Gasteiger partial charge in [0.15, 0.2) is 0 Å². The first-order valence-corrected chi connectivity index (χ1v) is 9.46. The van der Waals surface area contributed by atoms with Gasteiger partial charge in [-0.1, -0.05) is 43.3 Å². The lowest BCUT2D eigenvalue weighted by Gasteiger charge is -2.34. The van der Waals surface area contributed by atoms with E-state index in [0.717, 1.165) is 34.5 Å². The number of nitrogens with zero attached hydrogens (tertiary/aromatic N) is 1. The minimum absolute atomic E-state index is 0.309. The van der Waals surface area contributed by atoms with Gasteiger partial charge in [-0.3, -0.25) is 0 Å². The zero-order valence-electron chi connectivity index (χ0n) is 16.3. The van der Waals surface area contributed by atoms with E-state index in [1.807, 2.05) is 19.1 Å². The van der Waals surface area contributed by atoms with Gasteiger partial charge in [0.05, 0.1) is 6.61 Å². The largest absolute Gasteiger partial charge is 0.463 e. The van der Waals surface area contributed by atoms with E-state index in [-0.39, 0.29) is 5.97 Å². The SMILES string of the molecule is CCCCOC(=O)/C=C/c1ccc(C)cc1C(=S)N(C(C)C)C(C)C. The average molecular weight is 362 g/mol.